The predicted molar refractivity (Wildman–Crippen MR) is 61.3 cm³/mol. The maximum atomic E-state index is 11.1. The molecule has 1 aromatic carbocycles. The lowest BCUT2D eigenvalue weighted by Crippen LogP contribution is -2.26. The fraction of sp³-hybridized carbons (Fsp3) is 0.364. The summed E-state index contributed by atoms with van der Waals surface area (Å²) in [6, 6.07) is 5.46. The number of aryl methyl sites for hydroxylation is 1. The molecule has 0 atom stereocenters. The lowest BCUT2D eigenvalue weighted by atomic mass is 10.1. The molecular formula is C11H15N3O2. The summed E-state index contributed by atoms with van der Waals surface area (Å²) in [7, 11) is 3.17. The number of benzene rings is 1. The van der Waals surface area contributed by atoms with Crippen molar-refractivity contribution in [2.75, 3.05) is 25.6 Å². The monoisotopic (exact) mass is 221 g/mol. The number of nitrogens with zero attached hydrogens (tertiary/aromatic N) is 2. The third kappa shape index (κ3) is 2.79. The normalized spacial score (nSPS) is 9.69. The summed E-state index contributed by atoms with van der Waals surface area (Å²) < 4.78 is 4.59. The van der Waals surface area contributed by atoms with Gasteiger partial charge in [0.2, 0.25) is 0 Å². The van der Waals surface area contributed by atoms with Crippen molar-refractivity contribution in [3.05, 3.63) is 23.8 Å². The molecule has 0 aliphatic heterocycles. The van der Waals surface area contributed by atoms with Crippen LogP contribution in [0, 0.1) is 12.5 Å². The molecule has 0 saturated heterocycles. The number of hydrogen-bond acceptors (Lipinski definition) is 5. The van der Waals surface area contributed by atoms with E-state index in [0.29, 0.717) is 5.69 Å². The maximum Gasteiger partial charge on any atom is 0.325 e. The molecule has 0 saturated carbocycles. The second-order valence-corrected chi connectivity index (χ2v) is 3.51. The summed E-state index contributed by atoms with van der Waals surface area (Å²) in [4.78, 5) is 12.9. The molecule has 5 heteroatoms. The first kappa shape index (κ1) is 12.2. The van der Waals surface area contributed by atoms with Crippen molar-refractivity contribution in [2.45, 2.75) is 6.92 Å². The number of ether oxygens (including phenoxy) is 1. The van der Waals surface area contributed by atoms with Gasteiger partial charge in [0, 0.05) is 12.7 Å². The highest BCUT2D eigenvalue weighted by Gasteiger charge is 2.08. The Morgan fingerprint density at radius 3 is 2.75 bits per heavy atom. The SMILES string of the molecule is COC(=O)CN(C)c1ccc(N=N)c(C)c1. The Morgan fingerprint density at radius 2 is 2.25 bits per heavy atom. The summed E-state index contributed by atoms with van der Waals surface area (Å²) in [5.74, 6) is -0.283. The standard InChI is InChI=1S/C11H15N3O2/c1-8-6-9(4-5-10(8)13-12)14(2)7-11(15)16-3/h4-6,12H,7H2,1-3H3. The molecule has 0 aliphatic rings. The summed E-state index contributed by atoms with van der Waals surface area (Å²) in [5, 5.41) is 3.39. The molecule has 1 aromatic rings. The quantitative estimate of drug-likeness (QED) is 0.626. The summed E-state index contributed by atoms with van der Waals surface area (Å²) in [5.41, 5.74) is 9.38. The Balaban J connectivity index is 2.84. The number of carbonyl (C=O) groups is 1. The molecule has 0 fully saturated rings. The van der Waals surface area contributed by atoms with Crippen LogP contribution in [0.3, 0.4) is 0 Å². The molecule has 1 rings (SSSR count). The Morgan fingerprint density at radius 1 is 1.56 bits per heavy atom. The topological polar surface area (TPSA) is 65.8 Å². The third-order valence-corrected chi connectivity index (χ3v) is 2.34. The molecular weight excluding hydrogens is 206 g/mol. The van der Waals surface area contributed by atoms with Crippen molar-refractivity contribution >= 4 is 17.3 Å². The zero-order valence-electron chi connectivity index (χ0n) is 9.65. The largest absolute Gasteiger partial charge is 0.468 e. The van der Waals surface area contributed by atoms with Gasteiger partial charge in [-0.15, -0.1) is 0 Å². The van der Waals surface area contributed by atoms with Crippen LogP contribution in [0.15, 0.2) is 23.3 Å². The van der Waals surface area contributed by atoms with Crippen LogP contribution in [0.2, 0.25) is 0 Å². The Labute approximate surface area is 94.5 Å². The number of esters is 1. The van der Waals surface area contributed by atoms with Gasteiger partial charge in [0.1, 0.15) is 6.54 Å². The van der Waals surface area contributed by atoms with Crippen LogP contribution in [0.4, 0.5) is 11.4 Å². The van der Waals surface area contributed by atoms with Crippen LogP contribution < -0.4 is 4.90 Å². The maximum absolute atomic E-state index is 11.1. The van der Waals surface area contributed by atoms with Gasteiger partial charge < -0.3 is 9.64 Å². The zero-order valence-corrected chi connectivity index (χ0v) is 9.65. The average molecular weight is 221 g/mol. The number of anilines is 1. The van der Waals surface area contributed by atoms with E-state index in [-0.39, 0.29) is 12.5 Å². The smallest absolute Gasteiger partial charge is 0.325 e. The molecule has 0 aliphatic carbocycles. The number of nitrogens with one attached hydrogen (secondary N) is 1. The summed E-state index contributed by atoms with van der Waals surface area (Å²) in [6.45, 7) is 2.08. The molecule has 0 heterocycles. The molecule has 0 radical (unpaired) electrons. The molecule has 0 bridgehead atoms. The van der Waals surface area contributed by atoms with Gasteiger partial charge in [-0.05, 0) is 30.7 Å². The van der Waals surface area contributed by atoms with Crippen molar-refractivity contribution in [3.8, 4) is 0 Å². The van der Waals surface area contributed by atoms with E-state index in [1.54, 1.807) is 11.0 Å². The van der Waals surface area contributed by atoms with Gasteiger partial charge in [0.05, 0.1) is 12.8 Å². The molecule has 0 spiro atoms. The lowest BCUT2D eigenvalue weighted by molar-refractivity contribution is -0.138. The first-order valence-corrected chi connectivity index (χ1v) is 4.84. The Kier molecular flexibility index (Phi) is 3.99. The van der Waals surface area contributed by atoms with Crippen LogP contribution in [-0.2, 0) is 9.53 Å². The number of carbonyl (C=O) groups excluding carboxylic acids is 1. The molecule has 0 amide bonds. The van der Waals surface area contributed by atoms with Crippen molar-refractivity contribution in [1.82, 2.24) is 0 Å². The summed E-state index contributed by atoms with van der Waals surface area (Å²) in [6.07, 6.45) is 0. The van der Waals surface area contributed by atoms with Gasteiger partial charge in [-0.1, -0.05) is 0 Å². The number of likely N-dealkylation sites (N-methyl/N-ethyl adjacent to an activating group) is 1. The minimum Gasteiger partial charge on any atom is -0.468 e. The molecule has 0 aromatic heterocycles. The predicted octanol–water partition coefficient (Wildman–Crippen LogP) is 2.27. The Bertz CT molecular complexity index is 404. The molecule has 1 N–H and O–H groups in total. The van der Waals surface area contributed by atoms with E-state index in [2.05, 4.69) is 9.85 Å². The van der Waals surface area contributed by atoms with Crippen LogP contribution in [0.25, 0.3) is 0 Å². The van der Waals surface area contributed by atoms with E-state index < -0.39 is 0 Å². The highest BCUT2D eigenvalue weighted by atomic mass is 16.5. The lowest BCUT2D eigenvalue weighted by Gasteiger charge is -2.18. The van der Waals surface area contributed by atoms with Crippen molar-refractivity contribution in [1.29, 1.82) is 5.53 Å². The third-order valence-electron chi connectivity index (χ3n) is 2.34. The van der Waals surface area contributed by atoms with Crippen LogP contribution in [0.1, 0.15) is 5.56 Å². The number of rotatable bonds is 4. The zero-order chi connectivity index (χ0) is 12.1. The van der Waals surface area contributed by atoms with E-state index >= 15 is 0 Å². The van der Waals surface area contributed by atoms with Crippen LogP contribution in [0.5, 0.6) is 0 Å². The second-order valence-electron chi connectivity index (χ2n) is 3.51. The van der Waals surface area contributed by atoms with Gasteiger partial charge in [-0.2, -0.15) is 5.11 Å². The minimum absolute atomic E-state index is 0.202. The second kappa shape index (κ2) is 5.25. The van der Waals surface area contributed by atoms with Crippen molar-refractivity contribution in [2.24, 2.45) is 5.11 Å². The van der Waals surface area contributed by atoms with E-state index in [4.69, 9.17) is 5.53 Å². The molecule has 0 unspecified atom stereocenters. The Hall–Kier alpha value is -1.91. The number of methoxy groups -OCH3 is 1. The van der Waals surface area contributed by atoms with E-state index in [1.807, 2.05) is 26.1 Å². The van der Waals surface area contributed by atoms with Crippen molar-refractivity contribution < 1.29 is 9.53 Å². The first-order valence-electron chi connectivity index (χ1n) is 4.84. The van der Waals surface area contributed by atoms with E-state index in [1.165, 1.54) is 7.11 Å². The van der Waals surface area contributed by atoms with Crippen molar-refractivity contribution in [3.63, 3.8) is 0 Å². The highest BCUT2D eigenvalue weighted by molar-refractivity contribution is 5.75. The number of hydrogen-bond donors (Lipinski definition) is 1. The van der Waals surface area contributed by atoms with Gasteiger partial charge in [-0.3, -0.25) is 4.79 Å². The molecule has 5 nitrogen and oxygen atoms in total. The first-order chi connectivity index (χ1) is 7.58. The fourth-order valence-corrected chi connectivity index (χ4v) is 1.35. The van der Waals surface area contributed by atoms with Crippen LogP contribution in [-0.4, -0.2) is 26.7 Å². The highest BCUT2D eigenvalue weighted by Crippen LogP contribution is 2.23. The summed E-state index contributed by atoms with van der Waals surface area (Å²) >= 11 is 0. The van der Waals surface area contributed by atoms with Gasteiger partial charge in [0.25, 0.3) is 0 Å². The van der Waals surface area contributed by atoms with E-state index in [9.17, 15) is 4.79 Å². The molecule has 86 valence electrons. The van der Waals surface area contributed by atoms with Gasteiger partial charge >= 0.3 is 5.97 Å². The van der Waals surface area contributed by atoms with E-state index in [0.717, 1.165) is 11.3 Å². The van der Waals surface area contributed by atoms with Gasteiger partial charge in [-0.25, -0.2) is 5.53 Å². The molecule has 16 heavy (non-hydrogen) atoms. The van der Waals surface area contributed by atoms with Crippen LogP contribution >= 0.6 is 0 Å². The van der Waals surface area contributed by atoms with Gasteiger partial charge in [0.15, 0.2) is 0 Å². The average Bonchev–Trinajstić information content (AvgIpc) is 2.28. The minimum atomic E-state index is -0.283. The fourth-order valence-electron chi connectivity index (χ4n) is 1.35.